The normalized spacial score (nSPS) is 12.4. The molecule has 1 unspecified atom stereocenters. The summed E-state index contributed by atoms with van der Waals surface area (Å²) >= 11 is 6.49. The lowest BCUT2D eigenvalue weighted by Gasteiger charge is -2.11. The Morgan fingerprint density at radius 3 is 3.08 bits per heavy atom. The van der Waals surface area contributed by atoms with Gasteiger partial charge in [0.1, 0.15) is 0 Å². The molecule has 0 saturated heterocycles. The van der Waals surface area contributed by atoms with Crippen LogP contribution in [0.3, 0.4) is 0 Å². The van der Waals surface area contributed by atoms with E-state index in [2.05, 4.69) is 23.7 Å². The number of nitrogens with two attached hydrogens (primary N) is 1. The molecule has 3 N–H and O–H groups in total. The summed E-state index contributed by atoms with van der Waals surface area (Å²) in [5.41, 5.74) is 5.35. The van der Waals surface area contributed by atoms with Gasteiger partial charge in [-0.15, -0.1) is 11.3 Å². The molecule has 0 aromatic carbocycles. The van der Waals surface area contributed by atoms with E-state index in [-0.39, 0.29) is 0 Å². The molecule has 0 bridgehead atoms. The van der Waals surface area contributed by atoms with Gasteiger partial charge in [0.15, 0.2) is 5.11 Å². The van der Waals surface area contributed by atoms with Crippen LogP contribution in [-0.4, -0.2) is 11.2 Å². The van der Waals surface area contributed by atoms with Crippen molar-refractivity contribution in [2.24, 2.45) is 5.73 Å². The molecule has 0 aliphatic heterocycles. The second-order valence-electron chi connectivity index (χ2n) is 2.69. The molecular weight excluding hydrogens is 188 g/mol. The monoisotopic (exact) mass is 200 g/mol. The van der Waals surface area contributed by atoms with E-state index < -0.39 is 0 Å². The minimum atomic E-state index is 0.321. The van der Waals surface area contributed by atoms with E-state index in [0.29, 0.717) is 11.2 Å². The van der Waals surface area contributed by atoms with E-state index in [1.165, 1.54) is 4.88 Å². The number of hydrogen-bond donors (Lipinski definition) is 2. The van der Waals surface area contributed by atoms with Gasteiger partial charge in [-0.1, -0.05) is 6.07 Å². The Kier molecular flexibility index (Phi) is 3.49. The number of rotatable bonds is 3. The van der Waals surface area contributed by atoms with E-state index >= 15 is 0 Å². The van der Waals surface area contributed by atoms with Crippen LogP contribution in [0.4, 0.5) is 0 Å². The van der Waals surface area contributed by atoms with Crippen LogP contribution < -0.4 is 11.1 Å². The van der Waals surface area contributed by atoms with Crippen LogP contribution in [0.1, 0.15) is 11.8 Å². The second-order valence-corrected chi connectivity index (χ2v) is 4.17. The molecule has 1 aromatic heterocycles. The Hall–Kier alpha value is -0.610. The number of hydrogen-bond acceptors (Lipinski definition) is 2. The molecule has 66 valence electrons. The SMILES string of the molecule is CC(Cc1cccs1)NC(N)=S. The van der Waals surface area contributed by atoms with Gasteiger partial charge in [-0.05, 0) is 30.6 Å². The van der Waals surface area contributed by atoms with Gasteiger partial charge in [-0.25, -0.2) is 0 Å². The minimum absolute atomic E-state index is 0.321. The van der Waals surface area contributed by atoms with E-state index in [0.717, 1.165) is 6.42 Å². The van der Waals surface area contributed by atoms with Gasteiger partial charge in [0.25, 0.3) is 0 Å². The summed E-state index contributed by atoms with van der Waals surface area (Å²) < 4.78 is 0. The van der Waals surface area contributed by atoms with Crippen LogP contribution >= 0.6 is 23.6 Å². The summed E-state index contributed by atoms with van der Waals surface area (Å²) in [5, 5.41) is 5.44. The fraction of sp³-hybridized carbons (Fsp3) is 0.375. The van der Waals surface area contributed by atoms with E-state index in [4.69, 9.17) is 18.0 Å². The lowest BCUT2D eigenvalue weighted by atomic mass is 10.2. The molecule has 0 aliphatic rings. The molecule has 0 spiro atoms. The lowest BCUT2D eigenvalue weighted by molar-refractivity contribution is 0.668. The van der Waals surface area contributed by atoms with Gasteiger partial charge in [-0.3, -0.25) is 0 Å². The van der Waals surface area contributed by atoms with Gasteiger partial charge in [0.05, 0.1) is 0 Å². The van der Waals surface area contributed by atoms with Crippen LogP contribution in [0.25, 0.3) is 0 Å². The van der Waals surface area contributed by atoms with Crippen molar-refractivity contribution in [1.29, 1.82) is 0 Å². The highest BCUT2D eigenvalue weighted by molar-refractivity contribution is 7.80. The quantitative estimate of drug-likeness (QED) is 0.726. The van der Waals surface area contributed by atoms with E-state index in [1.54, 1.807) is 11.3 Å². The third-order valence-electron chi connectivity index (χ3n) is 1.48. The average molecular weight is 200 g/mol. The topological polar surface area (TPSA) is 38.0 Å². The van der Waals surface area contributed by atoms with Crippen molar-refractivity contribution >= 4 is 28.7 Å². The minimum Gasteiger partial charge on any atom is -0.376 e. The summed E-state index contributed by atoms with van der Waals surface area (Å²) in [6.07, 6.45) is 0.981. The predicted molar refractivity (Wildman–Crippen MR) is 57.4 cm³/mol. The molecule has 2 nitrogen and oxygen atoms in total. The maximum absolute atomic E-state index is 5.35. The summed E-state index contributed by atoms with van der Waals surface area (Å²) in [5.74, 6) is 0. The number of thiocarbonyl (C=S) groups is 1. The smallest absolute Gasteiger partial charge is 0.163 e. The largest absolute Gasteiger partial charge is 0.376 e. The molecule has 1 rings (SSSR count). The highest BCUT2D eigenvalue weighted by atomic mass is 32.1. The summed E-state index contributed by atoms with van der Waals surface area (Å²) in [6.45, 7) is 2.07. The molecule has 0 saturated carbocycles. The number of nitrogens with one attached hydrogen (secondary N) is 1. The fourth-order valence-corrected chi connectivity index (χ4v) is 2.06. The standard InChI is InChI=1S/C8H12N2S2/c1-6(10-8(9)11)5-7-3-2-4-12-7/h2-4,6H,5H2,1H3,(H3,9,10,11). The second kappa shape index (κ2) is 4.42. The van der Waals surface area contributed by atoms with Gasteiger partial charge in [0.2, 0.25) is 0 Å². The van der Waals surface area contributed by atoms with Crippen molar-refractivity contribution in [2.45, 2.75) is 19.4 Å². The predicted octanol–water partition coefficient (Wildman–Crippen LogP) is 1.51. The number of thiophene rings is 1. The van der Waals surface area contributed by atoms with Crippen molar-refractivity contribution in [3.05, 3.63) is 22.4 Å². The molecule has 0 fully saturated rings. The summed E-state index contributed by atoms with van der Waals surface area (Å²) in [4.78, 5) is 1.35. The maximum atomic E-state index is 5.35. The van der Waals surface area contributed by atoms with Gasteiger partial charge in [0, 0.05) is 17.3 Å². The van der Waals surface area contributed by atoms with E-state index in [1.807, 2.05) is 6.07 Å². The highest BCUT2D eigenvalue weighted by Crippen LogP contribution is 2.10. The third-order valence-corrected chi connectivity index (χ3v) is 2.49. The van der Waals surface area contributed by atoms with Crippen LogP contribution in [-0.2, 0) is 6.42 Å². The Bertz CT molecular complexity index is 244. The van der Waals surface area contributed by atoms with Crippen molar-refractivity contribution < 1.29 is 0 Å². The maximum Gasteiger partial charge on any atom is 0.163 e. The van der Waals surface area contributed by atoms with Crippen molar-refractivity contribution in [3.8, 4) is 0 Å². The first-order chi connectivity index (χ1) is 5.68. The molecule has 4 heteroatoms. The molecule has 0 amide bonds. The first-order valence-electron chi connectivity index (χ1n) is 3.77. The van der Waals surface area contributed by atoms with Gasteiger partial charge in [-0.2, -0.15) is 0 Å². The van der Waals surface area contributed by atoms with Crippen LogP contribution in [0.5, 0.6) is 0 Å². The first kappa shape index (κ1) is 9.48. The first-order valence-corrected chi connectivity index (χ1v) is 5.05. The summed E-state index contributed by atoms with van der Waals surface area (Å²) in [7, 11) is 0. The van der Waals surface area contributed by atoms with Gasteiger partial charge < -0.3 is 11.1 Å². The van der Waals surface area contributed by atoms with Crippen LogP contribution in [0, 0.1) is 0 Å². The zero-order valence-electron chi connectivity index (χ0n) is 6.91. The molecule has 1 atom stereocenters. The lowest BCUT2D eigenvalue weighted by Crippen LogP contribution is -2.37. The van der Waals surface area contributed by atoms with E-state index in [9.17, 15) is 0 Å². The zero-order chi connectivity index (χ0) is 8.97. The molecule has 1 heterocycles. The Labute approximate surface area is 81.8 Å². The molecule has 1 aromatic rings. The van der Waals surface area contributed by atoms with Crippen LogP contribution in [0.2, 0.25) is 0 Å². The van der Waals surface area contributed by atoms with Gasteiger partial charge >= 0.3 is 0 Å². The molecule has 0 aliphatic carbocycles. The van der Waals surface area contributed by atoms with Crippen LogP contribution in [0.15, 0.2) is 17.5 Å². The van der Waals surface area contributed by atoms with Crippen molar-refractivity contribution in [1.82, 2.24) is 5.32 Å². The molecule has 0 radical (unpaired) electrons. The van der Waals surface area contributed by atoms with Crippen molar-refractivity contribution in [2.75, 3.05) is 0 Å². The highest BCUT2D eigenvalue weighted by Gasteiger charge is 2.03. The molecule has 12 heavy (non-hydrogen) atoms. The Morgan fingerprint density at radius 2 is 2.58 bits per heavy atom. The average Bonchev–Trinajstić information content (AvgIpc) is 2.37. The third kappa shape index (κ3) is 3.19. The Morgan fingerprint density at radius 1 is 1.83 bits per heavy atom. The summed E-state index contributed by atoms with van der Waals surface area (Å²) in [6, 6.07) is 4.48. The fourth-order valence-electron chi connectivity index (χ4n) is 1.02. The Balaban J connectivity index is 2.36. The zero-order valence-corrected chi connectivity index (χ0v) is 8.54. The molecular formula is C8H12N2S2. The van der Waals surface area contributed by atoms with Crippen molar-refractivity contribution in [3.63, 3.8) is 0 Å².